The first-order valence-corrected chi connectivity index (χ1v) is 8.84. The van der Waals surface area contributed by atoms with E-state index in [2.05, 4.69) is 6.92 Å². The number of carbonyl (C=O) groups is 1. The fraction of sp³-hybridized carbons (Fsp3) is 0.688. The molecule has 1 aromatic rings. The zero-order chi connectivity index (χ0) is 16.1. The Morgan fingerprint density at radius 2 is 1.95 bits per heavy atom. The van der Waals surface area contributed by atoms with Crippen molar-refractivity contribution in [3.05, 3.63) is 16.3 Å². The number of rotatable bonds is 2. The van der Waals surface area contributed by atoms with Crippen LogP contribution in [0.25, 0.3) is 0 Å². The smallest absolute Gasteiger partial charge is 0.399 e. The zero-order valence-electron chi connectivity index (χ0n) is 14.0. The van der Waals surface area contributed by atoms with E-state index in [9.17, 15) is 4.79 Å². The molecule has 1 aromatic heterocycles. The molecule has 1 amide bonds. The van der Waals surface area contributed by atoms with E-state index in [1.54, 1.807) is 0 Å². The van der Waals surface area contributed by atoms with Crippen LogP contribution in [-0.4, -0.2) is 41.7 Å². The SMILES string of the molecule is C[C@@H]1CCCN1C(=O)c1cc(B2OC(C)(C)C(C)(C)O2)cs1. The summed E-state index contributed by atoms with van der Waals surface area (Å²) < 4.78 is 12.1. The molecule has 1 atom stereocenters. The number of nitrogens with zero attached hydrogens (tertiary/aromatic N) is 1. The van der Waals surface area contributed by atoms with Gasteiger partial charge in [0.05, 0.1) is 16.1 Å². The molecule has 6 heteroatoms. The van der Waals surface area contributed by atoms with Crippen molar-refractivity contribution in [2.45, 2.75) is 64.7 Å². The average Bonchev–Trinajstić information content (AvgIpc) is 3.08. The van der Waals surface area contributed by atoms with Crippen LogP contribution in [0.2, 0.25) is 0 Å². The molecule has 0 saturated carbocycles. The average molecular weight is 321 g/mol. The summed E-state index contributed by atoms with van der Waals surface area (Å²) in [6.07, 6.45) is 2.20. The molecule has 22 heavy (non-hydrogen) atoms. The molecule has 4 nitrogen and oxygen atoms in total. The molecule has 0 spiro atoms. The molecule has 3 rings (SSSR count). The fourth-order valence-corrected chi connectivity index (χ4v) is 3.81. The van der Waals surface area contributed by atoms with E-state index >= 15 is 0 Å². The van der Waals surface area contributed by atoms with Crippen molar-refractivity contribution >= 4 is 29.8 Å². The third kappa shape index (κ3) is 2.61. The zero-order valence-corrected chi connectivity index (χ0v) is 14.8. The number of hydrogen-bond donors (Lipinski definition) is 0. The minimum atomic E-state index is -0.390. The number of likely N-dealkylation sites (tertiary alicyclic amines) is 1. The summed E-state index contributed by atoms with van der Waals surface area (Å²) in [7, 11) is -0.390. The van der Waals surface area contributed by atoms with Gasteiger partial charge in [-0.05, 0) is 64.4 Å². The highest BCUT2D eigenvalue weighted by molar-refractivity contribution is 7.13. The molecule has 2 aliphatic rings. The van der Waals surface area contributed by atoms with Gasteiger partial charge in [0.15, 0.2) is 0 Å². The Balaban J connectivity index is 1.76. The van der Waals surface area contributed by atoms with Gasteiger partial charge in [0.1, 0.15) is 0 Å². The predicted molar refractivity (Wildman–Crippen MR) is 89.8 cm³/mol. The second kappa shape index (κ2) is 5.36. The summed E-state index contributed by atoms with van der Waals surface area (Å²) in [4.78, 5) is 15.3. The van der Waals surface area contributed by atoms with Crippen LogP contribution >= 0.6 is 11.3 Å². The third-order valence-corrected chi connectivity index (χ3v) is 6.11. The van der Waals surface area contributed by atoms with Gasteiger partial charge < -0.3 is 14.2 Å². The lowest BCUT2D eigenvalue weighted by Gasteiger charge is -2.32. The van der Waals surface area contributed by atoms with Gasteiger partial charge in [-0.1, -0.05) is 0 Å². The summed E-state index contributed by atoms with van der Waals surface area (Å²) >= 11 is 1.48. The number of thiophene rings is 1. The Bertz CT molecular complexity index is 568. The lowest BCUT2D eigenvalue weighted by molar-refractivity contribution is 0.00578. The second-order valence-corrected chi connectivity index (χ2v) is 8.23. The van der Waals surface area contributed by atoms with E-state index in [1.165, 1.54) is 11.3 Å². The van der Waals surface area contributed by atoms with Gasteiger partial charge in [-0.25, -0.2) is 0 Å². The van der Waals surface area contributed by atoms with Crippen molar-refractivity contribution in [3.8, 4) is 0 Å². The van der Waals surface area contributed by atoms with Gasteiger partial charge in [0, 0.05) is 12.6 Å². The largest absolute Gasteiger partial charge is 0.495 e. The molecule has 3 heterocycles. The van der Waals surface area contributed by atoms with Crippen molar-refractivity contribution in [2.24, 2.45) is 0 Å². The number of hydrogen-bond acceptors (Lipinski definition) is 4. The molecule has 0 aliphatic carbocycles. The molecule has 2 saturated heterocycles. The van der Waals surface area contributed by atoms with E-state index in [0.717, 1.165) is 29.7 Å². The first-order valence-electron chi connectivity index (χ1n) is 7.96. The minimum absolute atomic E-state index is 0.137. The van der Waals surface area contributed by atoms with Crippen LogP contribution in [0.4, 0.5) is 0 Å². The molecule has 2 fully saturated rings. The van der Waals surface area contributed by atoms with Gasteiger partial charge >= 0.3 is 7.12 Å². The lowest BCUT2D eigenvalue weighted by Crippen LogP contribution is -2.41. The van der Waals surface area contributed by atoms with E-state index in [-0.39, 0.29) is 24.2 Å². The Hall–Kier alpha value is -0.845. The summed E-state index contributed by atoms with van der Waals surface area (Å²) in [6, 6.07) is 2.27. The topological polar surface area (TPSA) is 38.8 Å². The van der Waals surface area contributed by atoms with Crippen molar-refractivity contribution in [1.82, 2.24) is 4.90 Å². The molecular formula is C16H24BNO3S. The van der Waals surface area contributed by atoms with Gasteiger partial charge in [-0.15, -0.1) is 11.3 Å². The van der Waals surface area contributed by atoms with E-state index < -0.39 is 0 Å². The summed E-state index contributed by atoms with van der Waals surface area (Å²) in [5.41, 5.74) is 0.236. The molecular weight excluding hydrogens is 297 g/mol. The van der Waals surface area contributed by atoms with Crippen molar-refractivity contribution in [3.63, 3.8) is 0 Å². The van der Waals surface area contributed by atoms with Crippen LogP contribution < -0.4 is 5.46 Å². The van der Waals surface area contributed by atoms with Gasteiger partial charge in [-0.2, -0.15) is 0 Å². The third-order valence-electron chi connectivity index (χ3n) is 5.17. The maximum absolute atomic E-state index is 12.6. The molecule has 2 aliphatic heterocycles. The minimum Gasteiger partial charge on any atom is -0.399 e. The first-order chi connectivity index (χ1) is 10.2. The second-order valence-electron chi connectivity index (χ2n) is 7.32. The monoisotopic (exact) mass is 321 g/mol. The van der Waals surface area contributed by atoms with Crippen LogP contribution in [0.15, 0.2) is 11.4 Å². The number of amides is 1. The normalized spacial score (nSPS) is 26.7. The summed E-state index contributed by atoms with van der Waals surface area (Å²) in [5.74, 6) is 0.137. The molecule has 0 radical (unpaired) electrons. The summed E-state index contributed by atoms with van der Waals surface area (Å²) in [5, 5.41) is 1.98. The quantitative estimate of drug-likeness (QED) is 0.786. The first kappa shape index (κ1) is 16.0. The Morgan fingerprint density at radius 3 is 2.50 bits per heavy atom. The van der Waals surface area contributed by atoms with Crippen LogP contribution in [0.1, 0.15) is 57.1 Å². The highest BCUT2D eigenvalue weighted by atomic mass is 32.1. The summed E-state index contributed by atoms with van der Waals surface area (Å²) in [6.45, 7) is 11.1. The highest BCUT2D eigenvalue weighted by Crippen LogP contribution is 2.36. The van der Waals surface area contributed by atoms with Gasteiger partial charge in [0.25, 0.3) is 5.91 Å². The van der Waals surface area contributed by atoms with Crippen LogP contribution in [-0.2, 0) is 9.31 Å². The van der Waals surface area contributed by atoms with Crippen molar-refractivity contribution in [2.75, 3.05) is 6.54 Å². The maximum Gasteiger partial charge on any atom is 0.495 e. The van der Waals surface area contributed by atoms with Crippen molar-refractivity contribution in [1.29, 1.82) is 0 Å². The maximum atomic E-state index is 12.6. The molecule has 0 N–H and O–H groups in total. The molecule has 0 unspecified atom stereocenters. The molecule has 0 aromatic carbocycles. The standard InChI is InChI=1S/C16H24BNO3S/c1-11-7-6-8-18(11)14(19)13-9-12(10-22-13)17-20-15(2,3)16(4,5)21-17/h9-11H,6-8H2,1-5H3/t11-/m1/s1. The van der Waals surface area contributed by atoms with Crippen molar-refractivity contribution < 1.29 is 14.1 Å². The highest BCUT2D eigenvalue weighted by Gasteiger charge is 2.52. The van der Waals surface area contributed by atoms with E-state index in [4.69, 9.17) is 9.31 Å². The van der Waals surface area contributed by atoms with Gasteiger partial charge in [0.2, 0.25) is 0 Å². The van der Waals surface area contributed by atoms with Crippen LogP contribution in [0.5, 0.6) is 0 Å². The number of carbonyl (C=O) groups excluding carboxylic acids is 1. The van der Waals surface area contributed by atoms with Crippen LogP contribution in [0.3, 0.4) is 0 Å². The Kier molecular flexibility index (Phi) is 3.90. The van der Waals surface area contributed by atoms with E-state index in [1.807, 2.05) is 44.0 Å². The Morgan fingerprint density at radius 1 is 1.32 bits per heavy atom. The van der Waals surface area contributed by atoms with Crippen LogP contribution in [0, 0.1) is 0 Å². The molecule has 120 valence electrons. The lowest BCUT2D eigenvalue weighted by atomic mass is 9.81. The molecule has 0 bridgehead atoms. The van der Waals surface area contributed by atoms with Gasteiger partial charge in [-0.3, -0.25) is 4.79 Å². The fourth-order valence-electron chi connectivity index (χ4n) is 2.94. The van der Waals surface area contributed by atoms with E-state index in [0.29, 0.717) is 6.04 Å². The predicted octanol–water partition coefficient (Wildman–Crippen LogP) is 2.67. The Labute approximate surface area is 136 Å².